The number of aromatic nitrogens is 2. The Morgan fingerprint density at radius 1 is 1.47 bits per heavy atom. The zero-order valence-corrected chi connectivity index (χ0v) is 9.82. The summed E-state index contributed by atoms with van der Waals surface area (Å²) in [6, 6.07) is 0. The molecule has 0 amide bonds. The second-order valence-electron chi connectivity index (χ2n) is 3.48. The van der Waals surface area contributed by atoms with Crippen LogP contribution in [0.4, 0.5) is 20.4 Å². The van der Waals surface area contributed by atoms with Gasteiger partial charge in [-0.05, 0) is 6.92 Å². The fourth-order valence-electron chi connectivity index (χ4n) is 1.58. The third-order valence-electron chi connectivity index (χ3n) is 2.32. The molecule has 1 aromatic heterocycles. The maximum absolute atomic E-state index is 12.4. The van der Waals surface area contributed by atoms with Crippen molar-refractivity contribution in [1.82, 2.24) is 9.97 Å². The van der Waals surface area contributed by atoms with Gasteiger partial charge in [0.1, 0.15) is 18.0 Å². The summed E-state index contributed by atoms with van der Waals surface area (Å²) >= 11 is 0. The number of halogens is 2. The summed E-state index contributed by atoms with van der Waals surface area (Å²) in [7, 11) is 1.70. The molecule has 1 rings (SSSR count). The number of hydrogen-bond acceptors (Lipinski definition) is 5. The molecule has 1 heterocycles. The van der Waals surface area contributed by atoms with Gasteiger partial charge in [-0.25, -0.2) is 18.7 Å². The van der Waals surface area contributed by atoms with Crippen LogP contribution < -0.4 is 10.2 Å². The fourth-order valence-corrected chi connectivity index (χ4v) is 1.58. The van der Waals surface area contributed by atoms with E-state index in [1.165, 1.54) is 11.2 Å². The Morgan fingerprint density at radius 3 is 2.71 bits per heavy atom. The molecule has 0 saturated heterocycles. The van der Waals surface area contributed by atoms with Gasteiger partial charge in [-0.2, -0.15) is 0 Å². The largest absolute Gasteiger partial charge is 0.395 e. The summed E-state index contributed by atoms with van der Waals surface area (Å²) in [5, 5.41) is 11.7. The predicted octanol–water partition coefficient (Wildman–Crippen LogP) is 0.891. The molecule has 0 spiro atoms. The fraction of sp³-hybridized carbons (Fsp3) is 0.600. The van der Waals surface area contributed by atoms with Gasteiger partial charge < -0.3 is 15.3 Å². The average Bonchev–Trinajstić information content (AvgIpc) is 2.28. The number of rotatable bonds is 6. The Balaban J connectivity index is 3.00. The first kappa shape index (κ1) is 13.6. The van der Waals surface area contributed by atoms with E-state index in [4.69, 9.17) is 5.11 Å². The molecule has 0 unspecified atom stereocenters. The molecule has 0 bridgehead atoms. The highest BCUT2D eigenvalue weighted by Crippen LogP contribution is 2.22. The summed E-state index contributed by atoms with van der Waals surface area (Å²) in [6.07, 6.45) is -1.17. The Bertz CT molecular complexity index is 362. The number of nitrogens with one attached hydrogen (secondary N) is 1. The third-order valence-corrected chi connectivity index (χ3v) is 2.32. The maximum Gasteiger partial charge on any atom is 0.255 e. The van der Waals surface area contributed by atoms with Crippen molar-refractivity contribution in [3.05, 3.63) is 11.9 Å². The number of alkyl halides is 2. The van der Waals surface area contributed by atoms with Crippen molar-refractivity contribution in [2.45, 2.75) is 13.3 Å². The van der Waals surface area contributed by atoms with E-state index in [-0.39, 0.29) is 13.2 Å². The minimum atomic E-state index is -2.48. The highest BCUT2D eigenvalue weighted by Gasteiger charge is 2.17. The molecule has 96 valence electrons. The van der Waals surface area contributed by atoms with Gasteiger partial charge in [-0.15, -0.1) is 0 Å². The molecule has 0 aromatic carbocycles. The summed E-state index contributed by atoms with van der Waals surface area (Å²) in [5.41, 5.74) is 0.684. The number of aliphatic hydroxyl groups excluding tert-OH is 1. The molecule has 0 saturated carbocycles. The van der Waals surface area contributed by atoms with E-state index in [0.29, 0.717) is 17.2 Å². The number of anilines is 2. The first-order chi connectivity index (χ1) is 8.10. The van der Waals surface area contributed by atoms with Crippen molar-refractivity contribution in [3.8, 4) is 0 Å². The van der Waals surface area contributed by atoms with Crippen LogP contribution in [0.15, 0.2) is 6.33 Å². The van der Waals surface area contributed by atoms with E-state index in [0.717, 1.165) is 0 Å². The van der Waals surface area contributed by atoms with Gasteiger partial charge >= 0.3 is 0 Å². The van der Waals surface area contributed by atoms with Crippen LogP contribution in [-0.4, -0.2) is 48.2 Å². The Labute approximate surface area is 98.5 Å². The second-order valence-corrected chi connectivity index (χ2v) is 3.48. The van der Waals surface area contributed by atoms with Crippen molar-refractivity contribution in [3.63, 3.8) is 0 Å². The number of hydrogen-bond donors (Lipinski definition) is 2. The van der Waals surface area contributed by atoms with E-state index in [2.05, 4.69) is 15.3 Å². The highest BCUT2D eigenvalue weighted by molar-refractivity contribution is 5.57. The van der Waals surface area contributed by atoms with Crippen LogP contribution in [0.5, 0.6) is 0 Å². The summed E-state index contributed by atoms with van der Waals surface area (Å²) in [4.78, 5) is 9.32. The van der Waals surface area contributed by atoms with Crippen LogP contribution in [0.3, 0.4) is 0 Å². The SMILES string of the molecule is CNc1ncnc(N(CCO)CC(F)F)c1C. The highest BCUT2D eigenvalue weighted by atomic mass is 19.3. The molecule has 0 fully saturated rings. The van der Waals surface area contributed by atoms with Crippen molar-refractivity contribution >= 4 is 11.6 Å². The predicted molar refractivity (Wildman–Crippen MR) is 61.6 cm³/mol. The van der Waals surface area contributed by atoms with Gasteiger partial charge in [0.15, 0.2) is 0 Å². The van der Waals surface area contributed by atoms with E-state index in [1.54, 1.807) is 14.0 Å². The molecule has 0 radical (unpaired) electrons. The van der Waals surface area contributed by atoms with Gasteiger partial charge in [-0.1, -0.05) is 0 Å². The molecular formula is C10H16F2N4O. The molecule has 7 heteroatoms. The van der Waals surface area contributed by atoms with Crippen molar-refractivity contribution < 1.29 is 13.9 Å². The third kappa shape index (κ3) is 3.48. The van der Waals surface area contributed by atoms with Crippen LogP contribution in [-0.2, 0) is 0 Å². The Morgan fingerprint density at radius 2 is 2.18 bits per heavy atom. The summed E-state index contributed by atoms with van der Waals surface area (Å²) < 4.78 is 24.9. The summed E-state index contributed by atoms with van der Waals surface area (Å²) in [5.74, 6) is 1.01. The lowest BCUT2D eigenvalue weighted by Gasteiger charge is -2.24. The van der Waals surface area contributed by atoms with Crippen LogP contribution >= 0.6 is 0 Å². The van der Waals surface area contributed by atoms with Crippen molar-refractivity contribution in [2.24, 2.45) is 0 Å². The van der Waals surface area contributed by atoms with Crippen molar-refractivity contribution in [2.75, 3.05) is 37.0 Å². The Hall–Kier alpha value is -1.50. The van der Waals surface area contributed by atoms with Crippen LogP contribution in [0.25, 0.3) is 0 Å². The van der Waals surface area contributed by atoms with E-state index in [1.807, 2.05) is 0 Å². The quantitative estimate of drug-likeness (QED) is 0.780. The molecule has 0 aliphatic rings. The molecule has 0 aliphatic carbocycles. The minimum Gasteiger partial charge on any atom is -0.395 e. The van der Waals surface area contributed by atoms with Crippen LogP contribution in [0, 0.1) is 6.92 Å². The summed E-state index contributed by atoms with van der Waals surface area (Å²) in [6.45, 7) is 1.20. The van der Waals surface area contributed by atoms with E-state index >= 15 is 0 Å². The molecule has 1 aromatic rings. The lowest BCUT2D eigenvalue weighted by molar-refractivity contribution is 0.152. The smallest absolute Gasteiger partial charge is 0.255 e. The molecule has 17 heavy (non-hydrogen) atoms. The monoisotopic (exact) mass is 246 g/mol. The molecular weight excluding hydrogens is 230 g/mol. The van der Waals surface area contributed by atoms with Gasteiger partial charge in [0.05, 0.1) is 13.2 Å². The standard InChI is InChI=1S/C10H16F2N4O/c1-7-9(13-2)14-6-15-10(7)16(3-4-17)5-8(11)12/h6,8,17H,3-5H2,1-2H3,(H,13,14,15). The Kier molecular flexibility index (Phi) is 5.02. The second kappa shape index (κ2) is 6.29. The number of aliphatic hydroxyl groups is 1. The first-order valence-corrected chi connectivity index (χ1v) is 5.23. The van der Waals surface area contributed by atoms with Gasteiger partial charge in [0.2, 0.25) is 0 Å². The lowest BCUT2D eigenvalue weighted by Crippen LogP contribution is -2.33. The zero-order chi connectivity index (χ0) is 12.8. The van der Waals surface area contributed by atoms with Crippen LogP contribution in [0.1, 0.15) is 5.56 Å². The molecule has 2 N–H and O–H groups in total. The topological polar surface area (TPSA) is 61.3 Å². The average molecular weight is 246 g/mol. The van der Waals surface area contributed by atoms with Gasteiger partial charge in [-0.3, -0.25) is 0 Å². The van der Waals surface area contributed by atoms with Gasteiger partial charge in [0, 0.05) is 19.2 Å². The first-order valence-electron chi connectivity index (χ1n) is 5.23. The van der Waals surface area contributed by atoms with Crippen LogP contribution in [0.2, 0.25) is 0 Å². The normalized spacial score (nSPS) is 10.7. The molecule has 5 nitrogen and oxygen atoms in total. The maximum atomic E-state index is 12.4. The minimum absolute atomic E-state index is 0.116. The zero-order valence-electron chi connectivity index (χ0n) is 9.82. The van der Waals surface area contributed by atoms with Crippen molar-refractivity contribution in [1.29, 1.82) is 0 Å². The molecule has 0 atom stereocenters. The lowest BCUT2D eigenvalue weighted by atomic mass is 10.3. The van der Waals surface area contributed by atoms with E-state index in [9.17, 15) is 8.78 Å². The number of nitrogens with zero attached hydrogens (tertiary/aromatic N) is 3. The van der Waals surface area contributed by atoms with E-state index < -0.39 is 13.0 Å². The van der Waals surface area contributed by atoms with Gasteiger partial charge in [0.25, 0.3) is 6.43 Å². The molecule has 0 aliphatic heterocycles.